The third kappa shape index (κ3) is 33.1. The number of likely N-dealkylation sites (N-methyl/N-ethyl adjacent to an activating group) is 1. The molecule has 2 unspecified atom stereocenters. The average molecular weight is 733 g/mol. The smallest absolute Gasteiger partial charge is 0.362 e. The number of nitrogens with zero attached hydrogens (tertiary/aromatic N) is 1. The van der Waals surface area contributed by atoms with Crippen LogP contribution in [0.5, 0.6) is 0 Å². The van der Waals surface area contributed by atoms with E-state index in [1.54, 1.807) is 0 Å². The van der Waals surface area contributed by atoms with E-state index in [1.165, 1.54) is 64.2 Å². The number of quaternary nitrogens is 1. The number of carbonyl (C=O) groups excluding carboxylic acids is 2. The topological polar surface area (TPSA) is 99.1 Å². The molecule has 0 spiro atoms. The van der Waals surface area contributed by atoms with Gasteiger partial charge in [-0.2, -0.15) is 0 Å². The Hall–Kier alpha value is -2.71. The summed E-state index contributed by atoms with van der Waals surface area (Å²) in [5, 5.41) is 9.60. The highest BCUT2D eigenvalue weighted by atomic mass is 16.6. The normalized spacial score (nSPS) is 13.5. The van der Waals surface area contributed by atoms with Gasteiger partial charge in [0.1, 0.15) is 6.61 Å². The Bertz CT molecular complexity index is 995. The van der Waals surface area contributed by atoms with E-state index >= 15 is 0 Å². The Kier molecular flexibility index (Phi) is 33.5. The summed E-state index contributed by atoms with van der Waals surface area (Å²) >= 11 is 0. The molecule has 0 aliphatic rings. The quantitative estimate of drug-likeness (QED) is 0.0225. The fraction of sp³-hybridized carbons (Fsp3) is 0.750. The van der Waals surface area contributed by atoms with Crippen LogP contribution in [-0.2, 0) is 28.6 Å². The molecule has 0 aromatic carbocycles. The van der Waals surface area contributed by atoms with Crippen LogP contribution in [0.15, 0.2) is 48.6 Å². The lowest BCUT2D eigenvalue weighted by Gasteiger charge is -2.31. The van der Waals surface area contributed by atoms with Crippen LogP contribution in [0.25, 0.3) is 0 Å². The number of rotatable bonds is 36. The minimum Gasteiger partial charge on any atom is -0.477 e. The third-order valence-electron chi connectivity index (χ3n) is 9.02. The van der Waals surface area contributed by atoms with Crippen molar-refractivity contribution in [1.82, 2.24) is 0 Å². The predicted octanol–water partition coefficient (Wildman–Crippen LogP) is 10.9. The van der Waals surface area contributed by atoms with Gasteiger partial charge in [0.15, 0.2) is 12.1 Å². The Morgan fingerprint density at radius 1 is 0.596 bits per heavy atom. The second kappa shape index (κ2) is 35.3. The van der Waals surface area contributed by atoms with Crippen molar-refractivity contribution in [2.45, 2.75) is 174 Å². The maximum atomic E-state index is 12.7. The van der Waals surface area contributed by atoms with E-state index in [1.807, 2.05) is 21.1 Å². The molecule has 0 amide bonds. The van der Waals surface area contributed by atoms with E-state index in [0.29, 0.717) is 19.3 Å². The number of esters is 2. The molecule has 0 aliphatic heterocycles. The minimum absolute atomic E-state index is 0.0503. The van der Waals surface area contributed by atoms with Gasteiger partial charge in [-0.15, -0.1) is 0 Å². The molecule has 52 heavy (non-hydrogen) atoms. The van der Waals surface area contributed by atoms with Gasteiger partial charge < -0.3 is 23.8 Å². The van der Waals surface area contributed by atoms with Gasteiger partial charge in [0.25, 0.3) is 0 Å². The molecule has 2 atom stereocenters. The van der Waals surface area contributed by atoms with E-state index in [2.05, 4.69) is 62.5 Å². The zero-order chi connectivity index (χ0) is 38.5. The molecule has 0 heterocycles. The number of carboxylic acids is 1. The number of unbranched alkanes of at least 4 members (excludes halogenated alkanes) is 16. The second-order valence-electron chi connectivity index (χ2n) is 14.9. The predicted molar refractivity (Wildman–Crippen MR) is 215 cm³/mol. The first-order valence-corrected chi connectivity index (χ1v) is 20.7. The number of carbonyl (C=O) groups is 3. The summed E-state index contributed by atoms with van der Waals surface area (Å²) in [6.45, 7) is 4.56. The molecule has 1 N–H and O–H groups in total. The van der Waals surface area contributed by atoms with Crippen molar-refractivity contribution < 1.29 is 38.2 Å². The van der Waals surface area contributed by atoms with Crippen molar-refractivity contribution in [3.8, 4) is 0 Å². The van der Waals surface area contributed by atoms with Crippen LogP contribution in [0.3, 0.4) is 0 Å². The van der Waals surface area contributed by atoms with Gasteiger partial charge >= 0.3 is 17.9 Å². The maximum absolute atomic E-state index is 12.7. The first-order chi connectivity index (χ1) is 25.1. The van der Waals surface area contributed by atoms with E-state index < -0.39 is 18.1 Å². The molecule has 300 valence electrons. The molecule has 0 radical (unpaired) electrons. The highest BCUT2D eigenvalue weighted by molar-refractivity contribution is 5.72. The number of aliphatic carboxylic acids is 1. The number of hydrogen-bond acceptors (Lipinski definition) is 6. The standard InChI is InChI=1S/C44H77NO7/c1-6-8-10-12-14-16-18-20-21-23-24-26-28-30-32-34-42(46)51-39-40(38-50-37-36-41(44(48)49)45(3,4)5)52-43(47)35-33-31-29-27-25-22-19-17-15-13-11-9-7-2/h8,10,12,14,16,18,22,25,40-41H,6-7,9,11,13,15,17,19-21,23-24,26-39H2,1-5H3/p+1/b10-8+,14-12+,18-16+,25-22+. The highest BCUT2D eigenvalue weighted by Crippen LogP contribution is 2.13. The van der Waals surface area contributed by atoms with Gasteiger partial charge in [-0.1, -0.05) is 133 Å². The van der Waals surface area contributed by atoms with Crippen molar-refractivity contribution in [1.29, 1.82) is 0 Å². The molecular formula is C44H78NO7+. The number of allylic oxidation sites excluding steroid dienone is 8. The van der Waals surface area contributed by atoms with Crippen LogP contribution in [0.1, 0.15) is 162 Å². The molecule has 0 saturated carbocycles. The number of carboxylic acid groups (broad SMARTS) is 1. The first-order valence-electron chi connectivity index (χ1n) is 20.7. The Morgan fingerprint density at radius 2 is 1.10 bits per heavy atom. The molecule has 0 aliphatic carbocycles. The highest BCUT2D eigenvalue weighted by Gasteiger charge is 2.31. The molecule has 0 fully saturated rings. The lowest BCUT2D eigenvalue weighted by Crippen LogP contribution is -2.50. The largest absolute Gasteiger partial charge is 0.477 e. The second-order valence-corrected chi connectivity index (χ2v) is 14.9. The van der Waals surface area contributed by atoms with Crippen molar-refractivity contribution in [2.24, 2.45) is 0 Å². The average Bonchev–Trinajstić information content (AvgIpc) is 3.09. The van der Waals surface area contributed by atoms with Crippen LogP contribution >= 0.6 is 0 Å². The van der Waals surface area contributed by atoms with Gasteiger partial charge in [-0.3, -0.25) is 9.59 Å². The van der Waals surface area contributed by atoms with Crippen molar-refractivity contribution in [3.63, 3.8) is 0 Å². The molecule has 0 rings (SSSR count). The monoisotopic (exact) mass is 733 g/mol. The molecular weight excluding hydrogens is 654 g/mol. The summed E-state index contributed by atoms with van der Waals surface area (Å²) in [4.78, 5) is 36.9. The van der Waals surface area contributed by atoms with Gasteiger partial charge in [0.05, 0.1) is 34.4 Å². The first kappa shape index (κ1) is 49.3. The zero-order valence-corrected chi connectivity index (χ0v) is 34.0. The third-order valence-corrected chi connectivity index (χ3v) is 9.02. The van der Waals surface area contributed by atoms with Crippen LogP contribution in [-0.4, -0.2) is 80.6 Å². The summed E-state index contributed by atoms with van der Waals surface area (Å²) in [6.07, 6.45) is 40.1. The molecule has 0 saturated heterocycles. The molecule has 8 nitrogen and oxygen atoms in total. The van der Waals surface area contributed by atoms with Crippen molar-refractivity contribution in [3.05, 3.63) is 48.6 Å². The van der Waals surface area contributed by atoms with E-state index in [4.69, 9.17) is 14.2 Å². The maximum Gasteiger partial charge on any atom is 0.362 e. The van der Waals surface area contributed by atoms with E-state index in [-0.39, 0.29) is 36.2 Å². The molecule has 0 bridgehead atoms. The van der Waals surface area contributed by atoms with E-state index in [0.717, 1.165) is 64.2 Å². The summed E-state index contributed by atoms with van der Waals surface area (Å²) in [5.74, 6) is -1.51. The van der Waals surface area contributed by atoms with Crippen LogP contribution in [0.4, 0.5) is 0 Å². The summed E-state index contributed by atoms with van der Waals surface area (Å²) < 4.78 is 17.2. The van der Waals surface area contributed by atoms with E-state index in [9.17, 15) is 19.5 Å². The van der Waals surface area contributed by atoms with Crippen LogP contribution in [0.2, 0.25) is 0 Å². The molecule has 0 aromatic heterocycles. The van der Waals surface area contributed by atoms with Gasteiger partial charge in [0, 0.05) is 19.3 Å². The Labute approximate surface area is 318 Å². The minimum atomic E-state index is -0.881. The van der Waals surface area contributed by atoms with Crippen LogP contribution in [0, 0.1) is 0 Å². The lowest BCUT2D eigenvalue weighted by molar-refractivity contribution is -0.887. The fourth-order valence-electron chi connectivity index (χ4n) is 5.79. The summed E-state index contributed by atoms with van der Waals surface area (Å²) in [7, 11) is 5.51. The summed E-state index contributed by atoms with van der Waals surface area (Å²) in [6, 6.07) is -0.619. The zero-order valence-electron chi connectivity index (χ0n) is 34.0. The van der Waals surface area contributed by atoms with Gasteiger partial charge in [-0.05, 0) is 57.8 Å². The fourth-order valence-corrected chi connectivity index (χ4v) is 5.79. The van der Waals surface area contributed by atoms with Crippen molar-refractivity contribution >= 4 is 17.9 Å². The lowest BCUT2D eigenvalue weighted by atomic mass is 10.1. The summed E-state index contributed by atoms with van der Waals surface area (Å²) in [5.41, 5.74) is 0. The molecule has 8 heteroatoms. The van der Waals surface area contributed by atoms with Crippen LogP contribution < -0.4 is 0 Å². The van der Waals surface area contributed by atoms with Gasteiger partial charge in [0.2, 0.25) is 0 Å². The SMILES string of the molecule is CC/C=C/C=C/C=C/CCCCCCCCCC(=O)OCC(COCCC(C(=O)O)[N+](C)(C)C)OC(=O)CCCCC/C=C/CCCCCCCC. The van der Waals surface area contributed by atoms with Gasteiger partial charge in [-0.25, -0.2) is 4.79 Å². The Balaban J connectivity index is 4.42. The van der Waals surface area contributed by atoms with Crippen molar-refractivity contribution in [2.75, 3.05) is 41.0 Å². The Morgan fingerprint density at radius 3 is 1.65 bits per heavy atom. The number of ether oxygens (including phenoxy) is 3. The number of hydrogen-bond donors (Lipinski definition) is 1. The molecule has 0 aromatic rings.